The zero-order chi connectivity index (χ0) is 13.2. The normalized spacial score (nSPS) is 23.5. The summed E-state index contributed by atoms with van der Waals surface area (Å²) in [6.45, 7) is 2.95. The molecular weight excluding hydrogens is 260 g/mol. The average Bonchev–Trinajstić information content (AvgIpc) is 2.38. The molecule has 0 amide bonds. The molecule has 0 bridgehead atoms. The molecule has 1 fully saturated rings. The zero-order valence-corrected chi connectivity index (χ0v) is 11.7. The van der Waals surface area contributed by atoms with Crippen molar-refractivity contribution in [3.63, 3.8) is 0 Å². The van der Waals surface area contributed by atoms with E-state index in [0.29, 0.717) is 12.1 Å². The Morgan fingerprint density at radius 2 is 2.26 bits per heavy atom. The van der Waals surface area contributed by atoms with Gasteiger partial charge in [0.2, 0.25) is 0 Å². The third kappa shape index (κ3) is 2.82. The molecule has 0 aliphatic carbocycles. The maximum atomic E-state index is 6.01. The molecule has 1 aliphatic heterocycles. The first kappa shape index (κ1) is 12.7. The van der Waals surface area contributed by atoms with Gasteiger partial charge in [0, 0.05) is 34.9 Å². The molecule has 0 radical (unpaired) electrons. The number of hydrogen-bond acceptors (Lipinski definition) is 3. The topological polar surface area (TPSA) is 34.2 Å². The molecule has 4 heteroatoms. The van der Waals surface area contributed by atoms with Gasteiger partial charge < -0.3 is 10.1 Å². The zero-order valence-electron chi connectivity index (χ0n) is 10.9. The minimum Gasteiger partial charge on any atom is -0.382 e. The predicted molar refractivity (Wildman–Crippen MR) is 78.8 cm³/mol. The molecule has 19 heavy (non-hydrogen) atoms. The molecule has 1 aromatic heterocycles. The Hall–Kier alpha value is -1.32. The molecule has 2 heterocycles. The lowest BCUT2D eigenvalue weighted by Gasteiger charge is -2.29. The van der Waals surface area contributed by atoms with Gasteiger partial charge in [-0.2, -0.15) is 0 Å². The molecule has 0 spiro atoms. The van der Waals surface area contributed by atoms with Crippen molar-refractivity contribution in [3.8, 4) is 0 Å². The summed E-state index contributed by atoms with van der Waals surface area (Å²) in [6, 6.07) is 8.31. The van der Waals surface area contributed by atoms with Crippen molar-refractivity contribution in [2.45, 2.75) is 31.9 Å². The Labute approximate surface area is 117 Å². The number of aromatic nitrogens is 1. The van der Waals surface area contributed by atoms with Gasteiger partial charge in [0.1, 0.15) is 0 Å². The fourth-order valence-electron chi connectivity index (χ4n) is 2.60. The fourth-order valence-corrected chi connectivity index (χ4v) is 2.76. The van der Waals surface area contributed by atoms with Crippen molar-refractivity contribution >= 4 is 28.2 Å². The van der Waals surface area contributed by atoms with E-state index in [0.717, 1.165) is 41.1 Å². The summed E-state index contributed by atoms with van der Waals surface area (Å²) < 4.78 is 5.58. The van der Waals surface area contributed by atoms with E-state index in [-0.39, 0.29) is 0 Å². The molecule has 2 unspecified atom stereocenters. The van der Waals surface area contributed by atoms with Gasteiger partial charge in [0.15, 0.2) is 0 Å². The largest absolute Gasteiger partial charge is 0.382 e. The standard InChI is InChI=1S/C15H17ClN2O/c1-10-8-12(5-7-19-10)18-14-4-6-17-15-9-11(16)2-3-13(14)15/h2-4,6,9-10,12H,5,7-8H2,1H3,(H,17,18). The van der Waals surface area contributed by atoms with Gasteiger partial charge in [-0.1, -0.05) is 11.6 Å². The van der Waals surface area contributed by atoms with E-state index in [4.69, 9.17) is 16.3 Å². The Kier molecular flexibility index (Phi) is 3.58. The van der Waals surface area contributed by atoms with Crippen LogP contribution < -0.4 is 5.32 Å². The van der Waals surface area contributed by atoms with E-state index in [2.05, 4.69) is 17.2 Å². The lowest BCUT2D eigenvalue weighted by Crippen LogP contribution is -2.32. The van der Waals surface area contributed by atoms with E-state index in [1.807, 2.05) is 30.5 Å². The van der Waals surface area contributed by atoms with Crippen LogP contribution >= 0.6 is 11.6 Å². The number of halogens is 1. The predicted octanol–water partition coefficient (Wildman–Crippen LogP) is 3.87. The van der Waals surface area contributed by atoms with Crippen LogP contribution in [-0.2, 0) is 4.74 Å². The van der Waals surface area contributed by atoms with Crippen LogP contribution in [0, 0.1) is 0 Å². The first-order valence-corrected chi connectivity index (χ1v) is 7.02. The van der Waals surface area contributed by atoms with Crippen LogP contribution in [0.1, 0.15) is 19.8 Å². The third-order valence-corrected chi connectivity index (χ3v) is 3.78. The Balaban J connectivity index is 1.88. The minimum atomic E-state index is 0.328. The maximum absolute atomic E-state index is 6.01. The number of pyridine rings is 1. The van der Waals surface area contributed by atoms with Gasteiger partial charge in [-0.3, -0.25) is 4.98 Å². The molecule has 100 valence electrons. The van der Waals surface area contributed by atoms with Crippen LogP contribution in [0.5, 0.6) is 0 Å². The molecule has 1 saturated heterocycles. The molecule has 1 aliphatic rings. The lowest BCUT2D eigenvalue weighted by molar-refractivity contribution is 0.0232. The van der Waals surface area contributed by atoms with Crippen molar-refractivity contribution < 1.29 is 4.74 Å². The van der Waals surface area contributed by atoms with Crippen LogP contribution in [0.3, 0.4) is 0 Å². The summed E-state index contributed by atoms with van der Waals surface area (Å²) in [7, 11) is 0. The smallest absolute Gasteiger partial charge is 0.0737 e. The number of fused-ring (bicyclic) bond motifs is 1. The number of hydrogen-bond donors (Lipinski definition) is 1. The number of rotatable bonds is 2. The summed E-state index contributed by atoms with van der Waals surface area (Å²) in [4.78, 5) is 4.36. The third-order valence-electron chi connectivity index (χ3n) is 3.55. The van der Waals surface area contributed by atoms with Gasteiger partial charge in [0.25, 0.3) is 0 Å². The molecule has 3 rings (SSSR count). The molecule has 0 saturated carbocycles. The van der Waals surface area contributed by atoms with Crippen LogP contribution in [0.4, 0.5) is 5.69 Å². The molecular formula is C15H17ClN2O. The molecule has 3 nitrogen and oxygen atoms in total. The fraction of sp³-hybridized carbons (Fsp3) is 0.400. The van der Waals surface area contributed by atoms with E-state index >= 15 is 0 Å². The number of ether oxygens (including phenoxy) is 1. The number of nitrogens with zero attached hydrogens (tertiary/aromatic N) is 1. The van der Waals surface area contributed by atoms with E-state index < -0.39 is 0 Å². The first-order chi connectivity index (χ1) is 9.22. The van der Waals surface area contributed by atoms with E-state index in [1.54, 1.807) is 0 Å². The summed E-state index contributed by atoms with van der Waals surface area (Å²) in [6.07, 6.45) is 4.23. The van der Waals surface area contributed by atoms with Gasteiger partial charge in [0.05, 0.1) is 11.6 Å². The number of benzene rings is 1. The highest BCUT2D eigenvalue weighted by Crippen LogP contribution is 2.26. The Morgan fingerprint density at radius 3 is 3.11 bits per heavy atom. The van der Waals surface area contributed by atoms with Crippen LogP contribution in [0.15, 0.2) is 30.5 Å². The van der Waals surface area contributed by atoms with Gasteiger partial charge in [-0.05, 0) is 44.0 Å². The van der Waals surface area contributed by atoms with E-state index in [9.17, 15) is 0 Å². The second-order valence-corrected chi connectivity index (χ2v) is 5.50. The lowest BCUT2D eigenvalue weighted by atomic mass is 10.0. The average molecular weight is 277 g/mol. The van der Waals surface area contributed by atoms with Crippen molar-refractivity contribution in [1.29, 1.82) is 0 Å². The minimum absolute atomic E-state index is 0.328. The Bertz CT molecular complexity index is 587. The molecule has 1 N–H and O–H groups in total. The molecule has 2 aromatic rings. The molecule has 2 atom stereocenters. The summed E-state index contributed by atoms with van der Waals surface area (Å²) in [5.41, 5.74) is 2.05. The Morgan fingerprint density at radius 1 is 1.37 bits per heavy atom. The van der Waals surface area contributed by atoms with Crippen LogP contribution in [-0.4, -0.2) is 23.7 Å². The maximum Gasteiger partial charge on any atom is 0.0737 e. The van der Waals surface area contributed by atoms with Crippen molar-refractivity contribution in [2.24, 2.45) is 0 Å². The number of anilines is 1. The highest BCUT2D eigenvalue weighted by Gasteiger charge is 2.19. The number of nitrogens with one attached hydrogen (secondary N) is 1. The van der Waals surface area contributed by atoms with Crippen LogP contribution in [0.2, 0.25) is 5.02 Å². The van der Waals surface area contributed by atoms with E-state index in [1.165, 1.54) is 0 Å². The van der Waals surface area contributed by atoms with Crippen molar-refractivity contribution in [2.75, 3.05) is 11.9 Å². The highest BCUT2D eigenvalue weighted by atomic mass is 35.5. The first-order valence-electron chi connectivity index (χ1n) is 6.65. The quantitative estimate of drug-likeness (QED) is 0.904. The molecule has 1 aromatic carbocycles. The second-order valence-electron chi connectivity index (χ2n) is 5.07. The van der Waals surface area contributed by atoms with Gasteiger partial charge >= 0.3 is 0 Å². The highest BCUT2D eigenvalue weighted by molar-refractivity contribution is 6.31. The summed E-state index contributed by atoms with van der Waals surface area (Å²) >= 11 is 6.01. The summed E-state index contributed by atoms with van der Waals surface area (Å²) in [5, 5.41) is 5.45. The van der Waals surface area contributed by atoms with Gasteiger partial charge in [-0.15, -0.1) is 0 Å². The monoisotopic (exact) mass is 276 g/mol. The summed E-state index contributed by atoms with van der Waals surface area (Å²) in [5.74, 6) is 0. The second kappa shape index (κ2) is 5.35. The van der Waals surface area contributed by atoms with Crippen molar-refractivity contribution in [1.82, 2.24) is 4.98 Å². The van der Waals surface area contributed by atoms with Crippen molar-refractivity contribution in [3.05, 3.63) is 35.5 Å². The van der Waals surface area contributed by atoms with Crippen LogP contribution in [0.25, 0.3) is 10.9 Å². The van der Waals surface area contributed by atoms with Gasteiger partial charge in [-0.25, -0.2) is 0 Å². The SMILES string of the molecule is CC1CC(Nc2ccnc3cc(Cl)ccc23)CCO1.